The zero-order valence-electron chi connectivity index (χ0n) is 10.5. The smallest absolute Gasteiger partial charge is 0.337 e. The molecule has 1 aromatic heterocycles. The summed E-state index contributed by atoms with van der Waals surface area (Å²) in [6.07, 6.45) is 0.756. The van der Waals surface area contributed by atoms with E-state index >= 15 is 0 Å². The Labute approximate surface area is 115 Å². The molecule has 0 aliphatic carbocycles. The largest absolute Gasteiger partial charge is 0.478 e. The second kappa shape index (κ2) is 5.71. The molecular weight excluding hydrogens is 262 g/mol. The number of nitrogens with two attached hydrogens (primary N) is 1. The minimum Gasteiger partial charge on any atom is -0.478 e. The van der Waals surface area contributed by atoms with Gasteiger partial charge in [0.1, 0.15) is 0 Å². The van der Waals surface area contributed by atoms with Gasteiger partial charge in [-0.05, 0) is 25.1 Å². The molecule has 0 aliphatic heterocycles. The van der Waals surface area contributed by atoms with Crippen molar-refractivity contribution in [2.75, 3.05) is 17.6 Å². The highest BCUT2D eigenvalue weighted by Gasteiger charge is 2.10. The summed E-state index contributed by atoms with van der Waals surface area (Å²) in [5.74, 6) is -0.965. The maximum absolute atomic E-state index is 11.1. The number of thiazole rings is 1. The average molecular weight is 277 g/mol. The minimum absolute atomic E-state index is 0.226. The lowest BCUT2D eigenvalue weighted by Crippen LogP contribution is -2.10. The fourth-order valence-electron chi connectivity index (χ4n) is 1.72. The molecule has 100 valence electrons. The Morgan fingerprint density at radius 2 is 2.32 bits per heavy atom. The van der Waals surface area contributed by atoms with Gasteiger partial charge in [-0.15, -0.1) is 11.3 Å². The Morgan fingerprint density at radius 3 is 2.95 bits per heavy atom. The number of carboxylic acid groups (broad SMARTS) is 1. The van der Waals surface area contributed by atoms with Crippen molar-refractivity contribution in [3.63, 3.8) is 0 Å². The number of aromatic nitrogens is 1. The lowest BCUT2D eigenvalue weighted by molar-refractivity contribution is 0.0698. The first-order chi connectivity index (χ1) is 9.06. The summed E-state index contributed by atoms with van der Waals surface area (Å²) in [6, 6.07) is 4.73. The number of anilines is 2. The summed E-state index contributed by atoms with van der Waals surface area (Å²) in [6.45, 7) is 2.57. The van der Waals surface area contributed by atoms with Crippen molar-refractivity contribution in [3.8, 4) is 0 Å². The number of nitrogen functional groups attached to an aromatic ring is 1. The molecule has 0 amide bonds. The molecule has 5 nitrogen and oxygen atoms in total. The van der Waals surface area contributed by atoms with Gasteiger partial charge in [0.15, 0.2) is 0 Å². The quantitative estimate of drug-likeness (QED) is 0.730. The van der Waals surface area contributed by atoms with Crippen LogP contribution in [0.5, 0.6) is 0 Å². The maximum Gasteiger partial charge on any atom is 0.337 e. The minimum atomic E-state index is -0.965. The first-order valence-corrected chi connectivity index (χ1v) is 6.72. The zero-order chi connectivity index (χ0) is 13.8. The number of nitrogens with one attached hydrogen (secondary N) is 1. The Morgan fingerprint density at radius 1 is 1.53 bits per heavy atom. The molecule has 0 bridgehead atoms. The van der Waals surface area contributed by atoms with E-state index in [1.807, 2.05) is 12.3 Å². The summed E-state index contributed by atoms with van der Waals surface area (Å²) >= 11 is 1.61. The number of nitrogens with zero attached hydrogens (tertiary/aromatic N) is 1. The van der Waals surface area contributed by atoms with E-state index < -0.39 is 5.97 Å². The van der Waals surface area contributed by atoms with Crippen LogP contribution in [0.3, 0.4) is 0 Å². The number of hydrogen-bond acceptors (Lipinski definition) is 5. The summed E-state index contributed by atoms with van der Waals surface area (Å²) in [5.41, 5.74) is 7.99. The molecule has 0 aliphatic rings. The molecule has 19 heavy (non-hydrogen) atoms. The molecule has 2 aromatic rings. The summed E-state index contributed by atoms with van der Waals surface area (Å²) in [5, 5.41) is 15.2. The van der Waals surface area contributed by atoms with Crippen LogP contribution in [-0.2, 0) is 6.42 Å². The molecule has 0 saturated heterocycles. The van der Waals surface area contributed by atoms with Gasteiger partial charge in [-0.2, -0.15) is 0 Å². The number of aromatic carboxylic acids is 1. The van der Waals surface area contributed by atoms with Crippen molar-refractivity contribution in [2.45, 2.75) is 13.3 Å². The Balaban J connectivity index is 2.02. The van der Waals surface area contributed by atoms with Crippen molar-refractivity contribution in [3.05, 3.63) is 39.8 Å². The van der Waals surface area contributed by atoms with Crippen LogP contribution >= 0.6 is 11.3 Å². The summed E-state index contributed by atoms with van der Waals surface area (Å²) in [7, 11) is 0. The third kappa shape index (κ3) is 3.45. The van der Waals surface area contributed by atoms with Crippen molar-refractivity contribution in [2.24, 2.45) is 0 Å². The predicted octanol–water partition coefficient (Wildman–Crippen LogP) is 2.39. The van der Waals surface area contributed by atoms with Gasteiger partial charge in [0.25, 0.3) is 0 Å². The highest BCUT2D eigenvalue weighted by Crippen LogP contribution is 2.19. The lowest BCUT2D eigenvalue weighted by atomic mass is 10.1. The number of rotatable bonds is 5. The molecule has 0 unspecified atom stereocenters. The van der Waals surface area contributed by atoms with Crippen LogP contribution in [0.1, 0.15) is 21.1 Å². The Bertz CT molecular complexity index is 595. The fourth-order valence-corrected chi connectivity index (χ4v) is 2.49. The van der Waals surface area contributed by atoms with Gasteiger partial charge in [0, 0.05) is 29.7 Å². The van der Waals surface area contributed by atoms with Gasteiger partial charge in [0.05, 0.1) is 16.3 Å². The first kappa shape index (κ1) is 13.4. The topological polar surface area (TPSA) is 88.2 Å². The van der Waals surface area contributed by atoms with Crippen molar-refractivity contribution >= 4 is 28.7 Å². The van der Waals surface area contributed by atoms with Gasteiger partial charge in [-0.3, -0.25) is 0 Å². The summed E-state index contributed by atoms with van der Waals surface area (Å²) in [4.78, 5) is 15.4. The second-order valence-electron chi connectivity index (χ2n) is 4.17. The molecule has 2 rings (SSSR count). The van der Waals surface area contributed by atoms with Crippen LogP contribution in [0.4, 0.5) is 11.4 Å². The number of hydrogen-bond donors (Lipinski definition) is 3. The molecule has 1 aromatic carbocycles. The standard InChI is InChI=1S/C13H15N3O2S/c1-8-7-19-12(16-8)4-5-15-11-6-9(14)2-3-10(11)13(17)18/h2-3,6-7,15H,4-5,14H2,1H3,(H,17,18). The molecule has 0 radical (unpaired) electrons. The number of benzene rings is 1. The molecule has 4 N–H and O–H groups in total. The van der Waals surface area contributed by atoms with Gasteiger partial charge in [-0.25, -0.2) is 9.78 Å². The van der Waals surface area contributed by atoms with Crippen LogP contribution in [0.15, 0.2) is 23.6 Å². The van der Waals surface area contributed by atoms with Crippen LogP contribution < -0.4 is 11.1 Å². The normalized spacial score (nSPS) is 10.4. The Kier molecular flexibility index (Phi) is 4.01. The van der Waals surface area contributed by atoms with E-state index in [0.29, 0.717) is 17.9 Å². The van der Waals surface area contributed by atoms with Crippen LogP contribution in [0.2, 0.25) is 0 Å². The van der Waals surface area contributed by atoms with Gasteiger partial charge < -0.3 is 16.2 Å². The number of carbonyl (C=O) groups is 1. The molecule has 0 fully saturated rings. The van der Waals surface area contributed by atoms with Crippen LogP contribution in [0, 0.1) is 6.92 Å². The third-order valence-electron chi connectivity index (χ3n) is 2.59. The SMILES string of the molecule is Cc1csc(CCNc2cc(N)ccc2C(=O)O)n1. The second-order valence-corrected chi connectivity index (χ2v) is 5.11. The summed E-state index contributed by atoms with van der Waals surface area (Å²) < 4.78 is 0. The average Bonchev–Trinajstić information content (AvgIpc) is 2.75. The monoisotopic (exact) mass is 277 g/mol. The maximum atomic E-state index is 11.1. The number of carboxylic acids is 1. The highest BCUT2D eigenvalue weighted by atomic mass is 32.1. The first-order valence-electron chi connectivity index (χ1n) is 5.84. The lowest BCUT2D eigenvalue weighted by Gasteiger charge is -2.09. The van der Waals surface area contributed by atoms with Crippen molar-refractivity contribution in [1.29, 1.82) is 0 Å². The zero-order valence-corrected chi connectivity index (χ0v) is 11.3. The molecule has 1 heterocycles. The van der Waals surface area contributed by atoms with Crippen LogP contribution in [-0.4, -0.2) is 22.6 Å². The third-order valence-corrected chi connectivity index (χ3v) is 3.62. The molecule has 6 heteroatoms. The van der Waals surface area contributed by atoms with Crippen molar-refractivity contribution < 1.29 is 9.90 Å². The number of aryl methyl sites for hydroxylation is 1. The van der Waals surface area contributed by atoms with E-state index in [1.165, 1.54) is 6.07 Å². The molecular formula is C13H15N3O2S. The Hall–Kier alpha value is -2.08. The highest BCUT2D eigenvalue weighted by molar-refractivity contribution is 7.09. The van der Waals surface area contributed by atoms with Gasteiger partial charge in [0.2, 0.25) is 0 Å². The molecule has 0 saturated carbocycles. The van der Waals surface area contributed by atoms with E-state index in [9.17, 15) is 4.79 Å². The van der Waals surface area contributed by atoms with E-state index in [-0.39, 0.29) is 5.56 Å². The van der Waals surface area contributed by atoms with Gasteiger partial charge in [-0.1, -0.05) is 0 Å². The van der Waals surface area contributed by atoms with Crippen LogP contribution in [0.25, 0.3) is 0 Å². The molecule has 0 atom stereocenters. The molecule has 0 spiro atoms. The van der Waals surface area contributed by atoms with E-state index in [0.717, 1.165) is 17.1 Å². The van der Waals surface area contributed by atoms with Gasteiger partial charge >= 0.3 is 5.97 Å². The van der Waals surface area contributed by atoms with E-state index in [2.05, 4.69) is 10.3 Å². The predicted molar refractivity (Wildman–Crippen MR) is 76.9 cm³/mol. The van der Waals surface area contributed by atoms with Crippen molar-refractivity contribution in [1.82, 2.24) is 4.98 Å². The fraction of sp³-hybridized carbons (Fsp3) is 0.231. The van der Waals surface area contributed by atoms with E-state index in [4.69, 9.17) is 10.8 Å². The van der Waals surface area contributed by atoms with E-state index in [1.54, 1.807) is 23.5 Å².